The van der Waals surface area contributed by atoms with Crippen molar-refractivity contribution in [3.8, 4) is 0 Å². The monoisotopic (exact) mass is 327 g/mol. The summed E-state index contributed by atoms with van der Waals surface area (Å²) in [6, 6.07) is 10.3. The first-order valence-corrected chi connectivity index (χ1v) is 9.00. The number of carbonyl (C=O) groups is 1. The number of aromatic nitrogens is 1. The summed E-state index contributed by atoms with van der Waals surface area (Å²) in [6.45, 7) is 5.42. The molecule has 2 aromatic heterocycles. The Labute approximate surface area is 142 Å². The van der Waals surface area contributed by atoms with E-state index in [-0.39, 0.29) is 5.91 Å². The van der Waals surface area contributed by atoms with Crippen LogP contribution in [0.1, 0.15) is 29.8 Å². The zero-order valence-corrected chi connectivity index (χ0v) is 14.1. The number of fused-ring (bicyclic) bond motifs is 1. The predicted molar refractivity (Wildman–Crippen MR) is 93.3 cm³/mol. The first-order valence-electron chi connectivity index (χ1n) is 9.00. The van der Waals surface area contributed by atoms with Crippen molar-refractivity contribution in [1.29, 1.82) is 0 Å². The minimum Gasteiger partial charge on any atom is -0.379 e. The van der Waals surface area contributed by atoms with E-state index in [1.165, 1.54) is 6.42 Å². The zero-order chi connectivity index (χ0) is 16.4. The van der Waals surface area contributed by atoms with Gasteiger partial charge in [0.15, 0.2) is 0 Å². The molecule has 4 heterocycles. The molecule has 0 N–H and O–H groups in total. The molecule has 0 spiro atoms. The highest BCUT2D eigenvalue weighted by Gasteiger charge is 2.30. The van der Waals surface area contributed by atoms with Gasteiger partial charge >= 0.3 is 0 Å². The lowest BCUT2D eigenvalue weighted by molar-refractivity contribution is 0.0164. The standard InChI is InChI=1S/C19H25N3O2/c23-19(18-8-7-16-5-1-3-9-21(16)18)22-10-4-2-6-17(22)15-20-11-13-24-14-12-20/h1,3,5,7-9,17H,2,4,6,10-15H2. The molecule has 0 radical (unpaired) electrons. The van der Waals surface area contributed by atoms with Gasteiger partial charge in [-0.1, -0.05) is 6.07 Å². The number of morpholine rings is 1. The summed E-state index contributed by atoms with van der Waals surface area (Å²) < 4.78 is 7.45. The molecule has 0 aliphatic carbocycles. The number of nitrogens with zero attached hydrogens (tertiary/aromatic N) is 3. The highest BCUT2D eigenvalue weighted by Crippen LogP contribution is 2.22. The van der Waals surface area contributed by atoms with Gasteiger partial charge < -0.3 is 14.0 Å². The van der Waals surface area contributed by atoms with Gasteiger partial charge in [0.25, 0.3) is 5.91 Å². The quantitative estimate of drug-likeness (QED) is 0.868. The number of piperidine rings is 1. The molecule has 2 fully saturated rings. The number of hydrogen-bond donors (Lipinski definition) is 0. The highest BCUT2D eigenvalue weighted by atomic mass is 16.5. The van der Waals surface area contributed by atoms with Crippen LogP contribution in [0.3, 0.4) is 0 Å². The topological polar surface area (TPSA) is 37.2 Å². The molecule has 24 heavy (non-hydrogen) atoms. The zero-order valence-electron chi connectivity index (χ0n) is 14.1. The SMILES string of the molecule is O=C(c1ccc2ccccn12)N1CCCCC1CN1CCOCC1. The summed E-state index contributed by atoms with van der Waals surface area (Å²) >= 11 is 0. The lowest BCUT2D eigenvalue weighted by Crippen LogP contribution is -2.51. The molecule has 5 heteroatoms. The van der Waals surface area contributed by atoms with E-state index in [9.17, 15) is 4.79 Å². The highest BCUT2D eigenvalue weighted by molar-refractivity contribution is 5.94. The van der Waals surface area contributed by atoms with E-state index in [2.05, 4.69) is 9.80 Å². The lowest BCUT2D eigenvalue weighted by atomic mass is 10.0. The molecule has 2 saturated heterocycles. The van der Waals surface area contributed by atoms with Gasteiger partial charge in [-0.3, -0.25) is 9.69 Å². The van der Waals surface area contributed by atoms with Gasteiger partial charge in [-0.25, -0.2) is 0 Å². The van der Waals surface area contributed by atoms with Crippen LogP contribution in [0.5, 0.6) is 0 Å². The minimum atomic E-state index is 0.166. The van der Waals surface area contributed by atoms with E-state index >= 15 is 0 Å². The maximum absolute atomic E-state index is 13.2. The van der Waals surface area contributed by atoms with Gasteiger partial charge in [-0.2, -0.15) is 0 Å². The average molecular weight is 327 g/mol. The van der Waals surface area contributed by atoms with Crippen LogP contribution < -0.4 is 0 Å². The summed E-state index contributed by atoms with van der Waals surface area (Å²) in [6.07, 6.45) is 5.40. The average Bonchev–Trinajstić information content (AvgIpc) is 3.07. The van der Waals surface area contributed by atoms with Crippen molar-refractivity contribution in [2.45, 2.75) is 25.3 Å². The molecule has 1 unspecified atom stereocenters. The van der Waals surface area contributed by atoms with Crippen molar-refractivity contribution in [2.75, 3.05) is 39.4 Å². The number of pyridine rings is 1. The van der Waals surface area contributed by atoms with Crippen LogP contribution in [-0.2, 0) is 4.74 Å². The maximum Gasteiger partial charge on any atom is 0.271 e. The Bertz CT molecular complexity index is 705. The van der Waals surface area contributed by atoms with Gasteiger partial charge in [0, 0.05) is 43.9 Å². The number of amides is 1. The van der Waals surface area contributed by atoms with Gasteiger partial charge in [-0.15, -0.1) is 0 Å². The summed E-state index contributed by atoms with van der Waals surface area (Å²) in [7, 11) is 0. The maximum atomic E-state index is 13.2. The molecule has 2 aliphatic heterocycles. The van der Waals surface area contributed by atoms with Crippen molar-refractivity contribution in [3.05, 3.63) is 42.2 Å². The minimum absolute atomic E-state index is 0.166. The van der Waals surface area contributed by atoms with Crippen LogP contribution in [0.4, 0.5) is 0 Å². The third kappa shape index (κ3) is 3.06. The molecule has 0 aromatic carbocycles. The molecule has 2 aromatic rings. The smallest absolute Gasteiger partial charge is 0.271 e. The number of rotatable bonds is 3. The second-order valence-corrected chi connectivity index (χ2v) is 6.78. The van der Waals surface area contributed by atoms with Crippen molar-refractivity contribution >= 4 is 11.4 Å². The fourth-order valence-corrected chi connectivity index (χ4v) is 3.92. The predicted octanol–water partition coefficient (Wildman–Crippen LogP) is 2.27. The fraction of sp³-hybridized carbons (Fsp3) is 0.526. The molecule has 5 nitrogen and oxygen atoms in total. The number of likely N-dealkylation sites (tertiary alicyclic amines) is 1. The van der Waals surface area contributed by atoms with Gasteiger partial charge in [0.1, 0.15) is 5.69 Å². The Morgan fingerprint density at radius 2 is 1.96 bits per heavy atom. The van der Waals surface area contributed by atoms with E-state index in [4.69, 9.17) is 4.74 Å². The summed E-state index contributed by atoms with van der Waals surface area (Å²) in [5.41, 5.74) is 1.85. The first-order chi connectivity index (χ1) is 11.8. The van der Waals surface area contributed by atoms with E-state index < -0.39 is 0 Å². The Balaban J connectivity index is 1.54. The molecule has 128 valence electrons. The fourth-order valence-electron chi connectivity index (χ4n) is 3.92. The summed E-state index contributed by atoms with van der Waals surface area (Å²) in [5.74, 6) is 0.166. The molecular weight excluding hydrogens is 302 g/mol. The summed E-state index contributed by atoms with van der Waals surface area (Å²) in [4.78, 5) is 17.7. The van der Waals surface area contributed by atoms with Crippen LogP contribution in [-0.4, -0.2) is 65.5 Å². The van der Waals surface area contributed by atoms with E-state index in [1.807, 2.05) is 40.9 Å². The van der Waals surface area contributed by atoms with Gasteiger partial charge in [0.2, 0.25) is 0 Å². The Hall–Kier alpha value is -1.85. The second-order valence-electron chi connectivity index (χ2n) is 6.78. The van der Waals surface area contributed by atoms with Gasteiger partial charge in [-0.05, 0) is 43.5 Å². The molecular formula is C19H25N3O2. The third-order valence-electron chi connectivity index (χ3n) is 5.24. The second kappa shape index (κ2) is 6.95. The van der Waals surface area contributed by atoms with Crippen molar-refractivity contribution in [3.63, 3.8) is 0 Å². The van der Waals surface area contributed by atoms with E-state index in [0.29, 0.717) is 6.04 Å². The van der Waals surface area contributed by atoms with Crippen molar-refractivity contribution < 1.29 is 9.53 Å². The number of hydrogen-bond acceptors (Lipinski definition) is 3. The molecule has 2 aliphatic rings. The first kappa shape index (κ1) is 15.7. The number of ether oxygens (including phenoxy) is 1. The van der Waals surface area contributed by atoms with Crippen LogP contribution in [0, 0.1) is 0 Å². The Morgan fingerprint density at radius 1 is 1.08 bits per heavy atom. The normalized spacial score (nSPS) is 22.8. The van der Waals surface area contributed by atoms with Crippen LogP contribution in [0.2, 0.25) is 0 Å². The van der Waals surface area contributed by atoms with Crippen molar-refractivity contribution in [2.24, 2.45) is 0 Å². The third-order valence-corrected chi connectivity index (χ3v) is 5.24. The Morgan fingerprint density at radius 3 is 2.83 bits per heavy atom. The largest absolute Gasteiger partial charge is 0.379 e. The molecule has 1 atom stereocenters. The Kier molecular flexibility index (Phi) is 4.54. The van der Waals surface area contributed by atoms with E-state index in [0.717, 1.165) is 63.4 Å². The van der Waals surface area contributed by atoms with Crippen LogP contribution in [0.15, 0.2) is 36.5 Å². The van der Waals surface area contributed by atoms with Crippen LogP contribution in [0.25, 0.3) is 5.52 Å². The van der Waals surface area contributed by atoms with E-state index in [1.54, 1.807) is 0 Å². The van der Waals surface area contributed by atoms with Crippen LogP contribution >= 0.6 is 0 Å². The summed E-state index contributed by atoms with van der Waals surface area (Å²) in [5, 5.41) is 0. The molecule has 0 saturated carbocycles. The molecule has 4 rings (SSSR count). The molecule has 0 bridgehead atoms. The van der Waals surface area contributed by atoms with Gasteiger partial charge in [0.05, 0.1) is 13.2 Å². The lowest BCUT2D eigenvalue weighted by Gasteiger charge is -2.39. The van der Waals surface area contributed by atoms with Crippen molar-refractivity contribution in [1.82, 2.24) is 14.2 Å². The molecule has 1 amide bonds. The number of carbonyl (C=O) groups excluding carboxylic acids is 1.